The van der Waals surface area contributed by atoms with Crippen LogP contribution in [0, 0.1) is 0 Å². The van der Waals surface area contributed by atoms with Crippen molar-refractivity contribution in [3.63, 3.8) is 0 Å². The van der Waals surface area contributed by atoms with Crippen molar-refractivity contribution in [2.75, 3.05) is 12.3 Å². The topological polar surface area (TPSA) is 12.0 Å². The zero-order valence-corrected chi connectivity index (χ0v) is 7.83. The van der Waals surface area contributed by atoms with Gasteiger partial charge in [-0.1, -0.05) is 6.42 Å². The molecule has 2 fully saturated rings. The maximum atomic E-state index is 3.64. The molecule has 2 atom stereocenters. The van der Waals surface area contributed by atoms with Crippen LogP contribution in [0.4, 0.5) is 0 Å². The number of hydrogen-bond donors (Lipinski definition) is 1. The summed E-state index contributed by atoms with van der Waals surface area (Å²) in [7, 11) is 0. The maximum Gasteiger partial charge on any atom is 0.0201 e. The van der Waals surface area contributed by atoms with Crippen molar-refractivity contribution >= 4 is 11.8 Å². The van der Waals surface area contributed by atoms with Gasteiger partial charge in [-0.3, -0.25) is 0 Å². The molecule has 1 nitrogen and oxygen atoms in total. The highest BCUT2D eigenvalue weighted by atomic mass is 32.2. The molecular formula is C9H17NS. The molecule has 2 unspecified atom stereocenters. The van der Waals surface area contributed by atoms with Gasteiger partial charge in [-0.15, -0.1) is 0 Å². The Balaban J connectivity index is 1.82. The van der Waals surface area contributed by atoms with Crippen LogP contribution in [0.5, 0.6) is 0 Å². The van der Waals surface area contributed by atoms with Crippen LogP contribution in [-0.2, 0) is 0 Å². The molecule has 2 heterocycles. The quantitative estimate of drug-likeness (QED) is 0.648. The van der Waals surface area contributed by atoms with Crippen LogP contribution in [0.2, 0.25) is 0 Å². The molecule has 0 aromatic carbocycles. The Bertz CT molecular complexity index is 115. The number of thioether (sulfide) groups is 1. The molecule has 0 radical (unpaired) electrons. The van der Waals surface area contributed by atoms with E-state index in [1.54, 1.807) is 0 Å². The molecule has 1 N–H and O–H groups in total. The fourth-order valence-corrected chi connectivity index (χ4v) is 3.55. The summed E-state index contributed by atoms with van der Waals surface area (Å²) in [4.78, 5) is 0. The lowest BCUT2D eigenvalue weighted by molar-refractivity contribution is 0.387. The molecule has 2 rings (SSSR count). The van der Waals surface area contributed by atoms with Crippen molar-refractivity contribution in [3.05, 3.63) is 0 Å². The normalized spacial score (nSPS) is 39.3. The summed E-state index contributed by atoms with van der Waals surface area (Å²) in [5, 5.41) is 4.59. The Kier molecular flexibility index (Phi) is 2.75. The minimum atomic E-state index is 0.858. The van der Waals surface area contributed by atoms with Crippen LogP contribution in [0.15, 0.2) is 0 Å². The van der Waals surface area contributed by atoms with Crippen LogP contribution in [-0.4, -0.2) is 23.6 Å². The monoisotopic (exact) mass is 171 g/mol. The molecule has 2 heteroatoms. The molecule has 2 aliphatic rings. The third kappa shape index (κ3) is 1.91. The van der Waals surface area contributed by atoms with Gasteiger partial charge in [-0.05, 0) is 38.0 Å². The Labute approximate surface area is 73.3 Å². The van der Waals surface area contributed by atoms with Crippen LogP contribution < -0.4 is 5.32 Å². The van der Waals surface area contributed by atoms with E-state index in [1.165, 1.54) is 44.4 Å². The van der Waals surface area contributed by atoms with Gasteiger partial charge in [0, 0.05) is 11.3 Å². The third-order valence-corrected chi connectivity index (χ3v) is 4.28. The Morgan fingerprint density at radius 2 is 2.09 bits per heavy atom. The predicted octanol–water partition coefficient (Wildman–Crippen LogP) is 2.02. The first-order chi connectivity index (χ1) is 5.47. The first kappa shape index (κ1) is 7.93. The summed E-state index contributed by atoms with van der Waals surface area (Å²) in [5.41, 5.74) is 0. The molecule has 2 saturated heterocycles. The molecule has 0 bridgehead atoms. The lowest BCUT2D eigenvalue weighted by Gasteiger charge is -2.27. The lowest BCUT2D eigenvalue weighted by atomic mass is 10.00. The van der Waals surface area contributed by atoms with E-state index in [1.807, 2.05) is 0 Å². The van der Waals surface area contributed by atoms with E-state index in [-0.39, 0.29) is 0 Å². The van der Waals surface area contributed by atoms with Gasteiger partial charge < -0.3 is 5.32 Å². The van der Waals surface area contributed by atoms with E-state index in [2.05, 4.69) is 17.1 Å². The van der Waals surface area contributed by atoms with Crippen molar-refractivity contribution in [1.29, 1.82) is 0 Å². The second kappa shape index (κ2) is 3.81. The first-order valence-electron chi connectivity index (χ1n) is 4.82. The summed E-state index contributed by atoms with van der Waals surface area (Å²) in [6, 6.07) is 0.858. The summed E-state index contributed by atoms with van der Waals surface area (Å²) in [5.74, 6) is 1.41. The van der Waals surface area contributed by atoms with Gasteiger partial charge in [0.25, 0.3) is 0 Å². The minimum Gasteiger partial charge on any atom is -0.313 e. The fourth-order valence-electron chi connectivity index (χ4n) is 2.12. The smallest absolute Gasteiger partial charge is 0.0201 e. The van der Waals surface area contributed by atoms with Crippen molar-refractivity contribution in [1.82, 2.24) is 5.32 Å². The molecule has 0 aliphatic carbocycles. The molecule has 0 spiro atoms. The van der Waals surface area contributed by atoms with Gasteiger partial charge in [-0.2, -0.15) is 11.8 Å². The van der Waals surface area contributed by atoms with Gasteiger partial charge >= 0.3 is 0 Å². The second-order valence-electron chi connectivity index (χ2n) is 3.61. The van der Waals surface area contributed by atoms with Gasteiger partial charge in [0.1, 0.15) is 0 Å². The molecule has 64 valence electrons. The minimum absolute atomic E-state index is 0.858. The highest BCUT2D eigenvalue weighted by Gasteiger charge is 2.26. The zero-order valence-electron chi connectivity index (χ0n) is 7.01. The van der Waals surface area contributed by atoms with E-state index in [0.29, 0.717) is 0 Å². The van der Waals surface area contributed by atoms with Crippen LogP contribution in [0.25, 0.3) is 0 Å². The number of rotatable bonds is 1. The Morgan fingerprint density at radius 1 is 1.09 bits per heavy atom. The predicted molar refractivity (Wildman–Crippen MR) is 51.1 cm³/mol. The van der Waals surface area contributed by atoms with Gasteiger partial charge in [-0.25, -0.2) is 0 Å². The SMILES string of the molecule is C1CCC(C2CCCS2)NC1. The Hall–Kier alpha value is 0.310. The van der Waals surface area contributed by atoms with Crippen molar-refractivity contribution in [2.24, 2.45) is 0 Å². The van der Waals surface area contributed by atoms with E-state index < -0.39 is 0 Å². The maximum absolute atomic E-state index is 3.64. The largest absolute Gasteiger partial charge is 0.313 e. The van der Waals surface area contributed by atoms with Gasteiger partial charge in [0.05, 0.1) is 0 Å². The van der Waals surface area contributed by atoms with E-state index >= 15 is 0 Å². The third-order valence-electron chi connectivity index (χ3n) is 2.76. The molecule has 0 saturated carbocycles. The van der Waals surface area contributed by atoms with Gasteiger partial charge in [0.15, 0.2) is 0 Å². The molecule has 11 heavy (non-hydrogen) atoms. The van der Waals surface area contributed by atoms with Crippen molar-refractivity contribution < 1.29 is 0 Å². The molecule has 0 aromatic heterocycles. The summed E-state index contributed by atoms with van der Waals surface area (Å²) >= 11 is 2.19. The highest BCUT2D eigenvalue weighted by Crippen LogP contribution is 2.31. The molecule has 2 aliphatic heterocycles. The second-order valence-corrected chi connectivity index (χ2v) is 4.95. The fraction of sp³-hybridized carbons (Fsp3) is 1.00. The summed E-state index contributed by atoms with van der Waals surface area (Å²) < 4.78 is 0. The molecule has 0 aromatic rings. The molecule has 0 amide bonds. The van der Waals surface area contributed by atoms with Crippen LogP contribution in [0.1, 0.15) is 32.1 Å². The standard InChI is InChI=1S/C9H17NS/c1-2-6-10-8(4-1)9-5-3-7-11-9/h8-10H,1-7H2. The number of piperidine rings is 1. The first-order valence-corrected chi connectivity index (χ1v) is 5.87. The zero-order chi connectivity index (χ0) is 7.52. The average molecular weight is 171 g/mol. The van der Waals surface area contributed by atoms with E-state index in [0.717, 1.165) is 11.3 Å². The van der Waals surface area contributed by atoms with Crippen molar-refractivity contribution in [2.45, 2.75) is 43.4 Å². The summed E-state index contributed by atoms with van der Waals surface area (Å²) in [6.07, 6.45) is 7.19. The van der Waals surface area contributed by atoms with Crippen LogP contribution >= 0.6 is 11.8 Å². The Morgan fingerprint density at radius 3 is 2.73 bits per heavy atom. The molecular weight excluding hydrogens is 154 g/mol. The van der Waals surface area contributed by atoms with E-state index in [9.17, 15) is 0 Å². The average Bonchev–Trinajstić information content (AvgIpc) is 2.58. The number of nitrogens with one attached hydrogen (secondary N) is 1. The van der Waals surface area contributed by atoms with Crippen LogP contribution in [0.3, 0.4) is 0 Å². The van der Waals surface area contributed by atoms with Crippen molar-refractivity contribution in [3.8, 4) is 0 Å². The number of hydrogen-bond acceptors (Lipinski definition) is 2. The summed E-state index contributed by atoms with van der Waals surface area (Å²) in [6.45, 7) is 1.27. The van der Waals surface area contributed by atoms with E-state index in [4.69, 9.17) is 0 Å². The highest BCUT2D eigenvalue weighted by molar-refractivity contribution is 8.00. The van der Waals surface area contributed by atoms with Gasteiger partial charge in [0.2, 0.25) is 0 Å². The lowest BCUT2D eigenvalue weighted by Crippen LogP contribution is -2.40.